The molecule has 2 rings (SSSR count). The number of nitrogens with zero attached hydrogens (tertiary/aromatic N) is 3. The number of hydrogen-bond acceptors (Lipinski definition) is 5. The molecule has 0 atom stereocenters. The summed E-state index contributed by atoms with van der Waals surface area (Å²) in [6.07, 6.45) is 3.83. The Labute approximate surface area is 122 Å². The van der Waals surface area contributed by atoms with Crippen LogP contribution in [0.2, 0.25) is 0 Å². The lowest BCUT2D eigenvalue weighted by atomic mass is 9.95. The summed E-state index contributed by atoms with van der Waals surface area (Å²) in [6.45, 7) is 10.7. The van der Waals surface area contributed by atoms with Gasteiger partial charge in [0.05, 0.1) is 0 Å². The van der Waals surface area contributed by atoms with Gasteiger partial charge in [0.1, 0.15) is 17.5 Å². The number of rotatable bonds is 3. The molecular formula is C15H27N5. The van der Waals surface area contributed by atoms with Crippen molar-refractivity contribution in [2.24, 2.45) is 0 Å². The van der Waals surface area contributed by atoms with Crippen LogP contribution in [0.25, 0.3) is 0 Å². The fraction of sp³-hybridized carbons (Fsp3) is 0.733. The Morgan fingerprint density at radius 3 is 2.15 bits per heavy atom. The van der Waals surface area contributed by atoms with Crippen molar-refractivity contribution in [1.29, 1.82) is 0 Å². The van der Waals surface area contributed by atoms with Gasteiger partial charge in [-0.05, 0) is 19.8 Å². The SMILES string of the molecule is CNc1nc(C(C)(C)C)nc(NN2CCCCC2)c1C. The molecule has 0 aromatic carbocycles. The van der Waals surface area contributed by atoms with Gasteiger partial charge in [-0.25, -0.2) is 15.0 Å². The molecule has 112 valence electrons. The molecular weight excluding hydrogens is 250 g/mol. The molecule has 0 radical (unpaired) electrons. The lowest BCUT2D eigenvalue weighted by Gasteiger charge is -2.29. The number of aromatic nitrogens is 2. The summed E-state index contributed by atoms with van der Waals surface area (Å²) in [7, 11) is 1.91. The summed E-state index contributed by atoms with van der Waals surface area (Å²) in [5.74, 6) is 2.70. The fourth-order valence-corrected chi connectivity index (χ4v) is 2.36. The van der Waals surface area contributed by atoms with E-state index >= 15 is 0 Å². The van der Waals surface area contributed by atoms with Crippen LogP contribution in [0.15, 0.2) is 0 Å². The molecule has 0 aliphatic carbocycles. The maximum absolute atomic E-state index is 4.74. The molecule has 2 N–H and O–H groups in total. The van der Waals surface area contributed by atoms with Gasteiger partial charge in [-0.15, -0.1) is 0 Å². The summed E-state index contributed by atoms with van der Waals surface area (Å²) in [6, 6.07) is 0. The standard InChI is InChI=1S/C15H27N5/c1-11-12(16-5)17-14(15(2,3)4)18-13(11)19-20-9-7-6-8-10-20/h6-10H2,1-5H3,(H2,16,17,18,19). The van der Waals surface area contributed by atoms with E-state index in [0.29, 0.717) is 0 Å². The fourth-order valence-electron chi connectivity index (χ4n) is 2.36. The summed E-state index contributed by atoms with van der Waals surface area (Å²) in [4.78, 5) is 9.38. The van der Waals surface area contributed by atoms with Crippen molar-refractivity contribution in [3.05, 3.63) is 11.4 Å². The van der Waals surface area contributed by atoms with Crippen LogP contribution in [0.1, 0.15) is 51.4 Å². The van der Waals surface area contributed by atoms with Crippen LogP contribution in [-0.4, -0.2) is 35.1 Å². The van der Waals surface area contributed by atoms with Crippen molar-refractivity contribution in [2.75, 3.05) is 30.9 Å². The maximum atomic E-state index is 4.74. The Kier molecular flexibility index (Phi) is 4.48. The van der Waals surface area contributed by atoms with Gasteiger partial charge in [0, 0.05) is 31.1 Å². The lowest BCUT2D eigenvalue weighted by molar-refractivity contribution is 0.271. The number of nitrogens with one attached hydrogen (secondary N) is 2. The molecule has 1 aromatic rings. The van der Waals surface area contributed by atoms with E-state index < -0.39 is 0 Å². The van der Waals surface area contributed by atoms with Gasteiger partial charge in [-0.1, -0.05) is 27.2 Å². The minimum Gasteiger partial charge on any atom is -0.373 e. The third-order valence-corrected chi connectivity index (χ3v) is 3.67. The van der Waals surface area contributed by atoms with Gasteiger partial charge >= 0.3 is 0 Å². The van der Waals surface area contributed by atoms with E-state index in [4.69, 9.17) is 4.98 Å². The average molecular weight is 277 g/mol. The van der Waals surface area contributed by atoms with Crippen LogP contribution < -0.4 is 10.7 Å². The van der Waals surface area contributed by atoms with Crippen LogP contribution in [0.5, 0.6) is 0 Å². The summed E-state index contributed by atoms with van der Waals surface area (Å²) >= 11 is 0. The van der Waals surface area contributed by atoms with Gasteiger partial charge in [0.25, 0.3) is 0 Å². The first-order valence-corrected chi connectivity index (χ1v) is 7.50. The van der Waals surface area contributed by atoms with Crippen molar-refractivity contribution in [3.63, 3.8) is 0 Å². The average Bonchev–Trinajstić information content (AvgIpc) is 2.41. The molecule has 20 heavy (non-hydrogen) atoms. The molecule has 0 bridgehead atoms. The quantitative estimate of drug-likeness (QED) is 0.889. The Morgan fingerprint density at radius 1 is 1.00 bits per heavy atom. The zero-order valence-corrected chi connectivity index (χ0v) is 13.4. The number of piperidine rings is 1. The van der Waals surface area contributed by atoms with Gasteiger partial charge in [0.15, 0.2) is 0 Å². The van der Waals surface area contributed by atoms with E-state index in [9.17, 15) is 0 Å². The summed E-state index contributed by atoms with van der Waals surface area (Å²) in [5.41, 5.74) is 4.50. The van der Waals surface area contributed by atoms with Gasteiger partial charge < -0.3 is 10.7 Å². The lowest BCUT2D eigenvalue weighted by Crippen LogP contribution is -2.36. The minimum absolute atomic E-state index is 0.0579. The first-order chi connectivity index (χ1) is 9.41. The van der Waals surface area contributed by atoms with Crippen LogP contribution >= 0.6 is 0 Å². The zero-order chi connectivity index (χ0) is 14.8. The molecule has 1 aliphatic rings. The smallest absolute Gasteiger partial charge is 0.149 e. The van der Waals surface area contributed by atoms with Crippen LogP contribution in [0.4, 0.5) is 11.6 Å². The Hall–Kier alpha value is -1.36. The highest BCUT2D eigenvalue weighted by molar-refractivity contribution is 5.57. The Balaban J connectivity index is 2.30. The van der Waals surface area contributed by atoms with Crippen molar-refractivity contribution >= 4 is 11.6 Å². The van der Waals surface area contributed by atoms with Crippen molar-refractivity contribution in [2.45, 2.75) is 52.4 Å². The normalized spacial score (nSPS) is 17.1. The first-order valence-electron chi connectivity index (χ1n) is 7.50. The molecule has 0 unspecified atom stereocenters. The zero-order valence-electron chi connectivity index (χ0n) is 13.4. The third-order valence-electron chi connectivity index (χ3n) is 3.67. The highest BCUT2D eigenvalue weighted by atomic mass is 15.5. The molecule has 0 saturated carbocycles. The summed E-state index contributed by atoms with van der Waals surface area (Å²) in [5, 5.41) is 5.44. The van der Waals surface area contributed by atoms with Gasteiger partial charge in [-0.3, -0.25) is 0 Å². The van der Waals surface area contributed by atoms with Crippen molar-refractivity contribution < 1.29 is 0 Å². The van der Waals surface area contributed by atoms with E-state index in [1.54, 1.807) is 0 Å². The second kappa shape index (κ2) is 5.95. The van der Waals surface area contributed by atoms with Crippen molar-refractivity contribution in [3.8, 4) is 0 Å². The predicted molar refractivity (Wildman–Crippen MR) is 84.1 cm³/mol. The first kappa shape index (κ1) is 15.0. The van der Waals surface area contributed by atoms with E-state index in [-0.39, 0.29) is 5.41 Å². The number of anilines is 2. The van der Waals surface area contributed by atoms with Crippen LogP contribution in [0, 0.1) is 6.92 Å². The molecule has 1 fully saturated rings. The minimum atomic E-state index is -0.0579. The molecule has 1 aliphatic heterocycles. The topological polar surface area (TPSA) is 53.1 Å². The second-order valence-electron chi connectivity index (χ2n) is 6.53. The van der Waals surface area contributed by atoms with Gasteiger partial charge in [0.2, 0.25) is 0 Å². The molecule has 0 amide bonds. The molecule has 5 nitrogen and oxygen atoms in total. The van der Waals surface area contributed by atoms with Crippen LogP contribution in [-0.2, 0) is 5.41 Å². The van der Waals surface area contributed by atoms with Gasteiger partial charge in [-0.2, -0.15) is 0 Å². The monoisotopic (exact) mass is 277 g/mol. The Morgan fingerprint density at radius 2 is 1.60 bits per heavy atom. The number of hydrogen-bond donors (Lipinski definition) is 2. The van der Waals surface area contributed by atoms with E-state index in [0.717, 1.165) is 36.1 Å². The molecule has 1 saturated heterocycles. The largest absolute Gasteiger partial charge is 0.373 e. The third kappa shape index (κ3) is 3.39. The van der Waals surface area contributed by atoms with E-state index in [1.165, 1.54) is 19.3 Å². The molecule has 0 spiro atoms. The predicted octanol–water partition coefficient (Wildman–Crippen LogP) is 2.94. The number of hydrazine groups is 1. The van der Waals surface area contributed by atoms with E-state index in [2.05, 4.69) is 48.4 Å². The maximum Gasteiger partial charge on any atom is 0.149 e. The molecule has 5 heteroatoms. The highest BCUT2D eigenvalue weighted by Crippen LogP contribution is 2.26. The van der Waals surface area contributed by atoms with E-state index in [1.807, 2.05) is 7.05 Å². The van der Waals surface area contributed by atoms with Crippen LogP contribution in [0.3, 0.4) is 0 Å². The second-order valence-corrected chi connectivity index (χ2v) is 6.53. The van der Waals surface area contributed by atoms with Crippen molar-refractivity contribution in [1.82, 2.24) is 15.0 Å². The molecule has 2 heterocycles. The molecule has 1 aromatic heterocycles. The Bertz CT molecular complexity index is 458. The summed E-state index contributed by atoms with van der Waals surface area (Å²) < 4.78 is 0. The highest BCUT2D eigenvalue weighted by Gasteiger charge is 2.22.